The Balaban J connectivity index is 1.61. The molecule has 0 spiro atoms. The lowest BCUT2D eigenvalue weighted by Crippen LogP contribution is -2.50. The number of carbonyl (C=O) groups excluding carboxylic acids is 1. The summed E-state index contributed by atoms with van der Waals surface area (Å²) in [5.41, 5.74) is 2.68. The average Bonchev–Trinajstić information content (AvgIpc) is 2.68. The van der Waals surface area contributed by atoms with Crippen LogP contribution in [-0.4, -0.2) is 37.1 Å². The first kappa shape index (κ1) is 16.4. The van der Waals surface area contributed by atoms with Crippen LogP contribution in [0.25, 0.3) is 0 Å². The third-order valence-electron chi connectivity index (χ3n) is 4.18. The first-order valence-corrected chi connectivity index (χ1v) is 8.01. The van der Waals surface area contributed by atoms with Gasteiger partial charge >= 0.3 is 6.03 Å². The lowest BCUT2D eigenvalue weighted by atomic mass is 10.1. The van der Waals surface area contributed by atoms with E-state index >= 15 is 0 Å². The molecule has 3 rings (SSSR count). The van der Waals surface area contributed by atoms with Gasteiger partial charge in [0.2, 0.25) is 0 Å². The van der Waals surface area contributed by atoms with E-state index in [0.717, 1.165) is 5.69 Å². The molecule has 25 heavy (non-hydrogen) atoms. The maximum Gasteiger partial charge on any atom is 0.321 e. The monoisotopic (exact) mass is 331 g/mol. The molecule has 1 heterocycles. The number of carbonyl (C=O) groups is 1. The van der Waals surface area contributed by atoms with Crippen molar-refractivity contribution in [1.29, 1.82) is 10.5 Å². The summed E-state index contributed by atoms with van der Waals surface area (Å²) in [6.07, 6.45) is 0. The van der Waals surface area contributed by atoms with Gasteiger partial charge in [0, 0.05) is 31.9 Å². The number of anilines is 2. The van der Waals surface area contributed by atoms with Crippen LogP contribution in [0.15, 0.2) is 48.5 Å². The molecular formula is C19H17N5O. The molecule has 1 aliphatic heterocycles. The molecule has 0 bridgehead atoms. The first-order valence-electron chi connectivity index (χ1n) is 8.01. The number of urea groups is 1. The highest BCUT2D eigenvalue weighted by atomic mass is 16.2. The van der Waals surface area contributed by atoms with E-state index in [0.29, 0.717) is 43.0 Å². The van der Waals surface area contributed by atoms with Crippen molar-refractivity contribution in [3.05, 3.63) is 59.7 Å². The lowest BCUT2D eigenvalue weighted by Gasteiger charge is -2.36. The Morgan fingerprint density at radius 2 is 1.72 bits per heavy atom. The normalized spacial score (nSPS) is 13.7. The number of benzene rings is 2. The van der Waals surface area contributed by atoms with Gasteiger partial charge in [-0.2, -0.15) is 10.5 Å². The number of piperazine rings is 1. The van der Waals surface area contributed by atoms with Gasteiger partial charge in [-0.25, -0.2) is 4.79 Å². The first-order chi connectivity index (χ1) is 12.2. The second kappa shape index (κ2) is 7.37. The summed E-state index contributed by atoms with van der Waals surface area (Å²) < 4.78 is 0. The summed E-state index contributed by atoms with van der Waals surface area (Å²) >= 11 is 0. The summed E-state index contributed by atoms with van der Waals surface area (Å²) in [6, 6.07) is 18.4. The van der Waals surface area contributed by atoms with Crippen LogP contribution in [-0.2, 0) is 0 Å². The number of nitriles is 2. The topological polar surface area (TPSA) is 83.2 Å². The molecule has 1 fully saturated rings. The molecule has 6 nitrogen and oxygen atoms in total. The molecule has 1 saturated heterocycles. The minimum absolute atomic E-state index is 0.177. The van der Waals surface area contributed by atoms with Gasteiger partial charge in [0.25, 0.3) is 0 Å². The van der Waals surface area contributed by atoms with Crippen LogP contribution in [0.5, 0.6) is 0 Å². The molecule has 1 aliphatic rings. The summed E-state index contributed by atoms with van der Waals surface area (Å²) in [5.74, 6) is 0. The lowest BCUT2D eigenvalue weighted by molar-refractivity contribution is 0.208. The van der Waals surface area contributed by atoms with E-state index in [2.05, 4.69) is 22.4 Å². The van der Waals surface area contributed by atoms with Crippen LogP contribution >= 0.6 is 0 Å². The van der Waals surface area contributed by atoms with Crippen molar-refractivity contribution >= 4 is 17.4 Å². The number of para-hydroxylation sites is 1. The quantitative estimate of drug-likeness (QED) is 0.917. The SMILES string of the molecule is N#Cc1cccc(NC(=O)N2CCN(c3ccccc3C#N)CC2)c1. The highest BCUT2D eigenvalue weighted by molar-refractivity contribution is 5.89. The Morgan fingerprint density at radius 1 is 0.960 bits per heavy atom. The summed E-state index contributed by atoms with van der Waals surface area (Å²) in [7, 11) is 0. The van der Waals surface area contributed by atoms with E-state index in [1.807, 2.05) is 18.2 Å². The van der Waals surface area contributed by atoms with Crippen molar-refractivity contribution in [1.82, 2.24) is 4.90 Å². The molecule has 2 amide bonds. The molecule has 0 aliphatic carbocycles. The fourth-order valence-corrected chi connectivity index (χ4v) is 2.86. The molecule has 0 radical (unpaired) electrons. The zero-order chi connectivity index (χ0) is 17.6. The zero-order valence-electron chi connectivity index (χ0n) is 13.6. The molecule has 6 heteroatoms. The number of rotatable bonds is 2. The van der Waals surface area contributed by atoms with Crippen LogP contribution in [0.3, 0.4) is 0 Å². The number of nitrogens with one attached hydrogen (secondary N) is 1. The molecule has 1 N–H and O–H groups in total. The van der Waals surface area contributed by atoms with Gasteiger partial charge < -0.3 is 15.1 Å². The van der Waals surface area contributed by atoms with E-state index in [1.165, 1.54) is 0 Å². The van der Waals surface area contributed by atoms with E-state index in [9.17, 15) is 10.1 Å². The Kier molecular flexibility index (Phi) is 4.82. The molecule has 124 valence electrons. The largest absolute Gasteiger partial charge is 0.367 e. The third-order valence-corrected chi connectivity index (χ3v) is 4.18. The van der Waals surface area contributed by atoms with Gasteiger partial charge in [-0.1, -0.05) is 18.2 Å². The highest BCUT2D eigenvalue weighted by Crippen LogP contribution is 2.21. The minimum atomic E-state index is -0.177. The van der Waals surface area contributed by atoms with Crippen molar-refractivity contribution in [2.45, 2.75) is 0 Å². The molecule has 0 atom stereocenters. The molecule has 2 aromatic carbocycles. The second-order valence-electron chi connectivity index (χ2n) is 5.73. The zero-order valence-corrected chi connectivity index (χ0v) is 13.6. The summed E-state index contributed by atoms with van der Waals surface area (Å²) in [4.78, 5) is 16.3. The molecule has 2 aromatic rings. The van der Waals surface area contributed by atoms with Crippen molar-refractivity contribution in [3.8, 4) is 12.1 Å². The fourth-order valence-electron chi connectivity index (χ4n) is 2.86. The van der Waals surface area contributed by atoms with Crippen LogP contribution < -0.4 is 10.2 Å². The van der Waals surface area contributed by atoms with Gasteiger partial charge in [-0.05, 0) is 30.3 Å². The van der Waals surface area contributed by atoms with Crippen molar-refractivity contribution in [2.75, 3.05) is 36.4 Å². The highest BCUT2D eigenvalue weighted by Gasteiger charge is 2.22. The fraction of sp³-hybridized carbons (Fsp3) is 0.211. The Morgan fingerprint density at radius 3 is 2.44 bits per heavy atom. The maximum absolute atomic E-state index is 12.4. The standard InChI is InChI=1S/C19H17N5O/c20-13-15-4-3-6-17(12-15)22-19(25)24-10-8-23(9-11-24)18-7-2-1-5-16(18)14-21/h1-7,12H,8-11H2,(H,22,25). The van der Waals surface area contributed by atoms with E-state index in [4.69, 9.17) is 5.26 Å². The second-order valence-corrected chi connectivity index (χ2v) is 5.73. The van der Waals surface area contributed by atoms with Gasteiger partial charge in [0.05, 0.1) is 22.9 Å². The van der Waals surface area contributed by atoms with Crippen LogP contribution in [0.4, 0.5) is 16.2 Å². The van der Waals surface area contributed by atoms with E-state index < -0.39 is 0 Å². The molecule has 0 unspecified atom stereocenters. The summed E-state index contributed by atoms with van der Waals surface area (Å²) in [6.45, 7) is 2.49. The van der Waals surface area contributed by atoms with Crippen LogP contribution in [0.2, 0.25) is 0 Å². The van der Waals surface area contributed by atoms with Gasteiger partial charge in [-0.15, -0.1) is 0 Å². The number of hydrogen-bond donors (Lipinski definition) is 1. The van der Waals surface area contributed by atoms with Crippen LogP contribution in [0.1, 0.15) is 11.1 Å². The van der Waals surface area contributed by atoms with Gasteiger partial charge in [0.1, 0.15) is 6.07 Å². The number of hydrogen-bond acceptors (Lipinski definition) is 4. The number of amides is 2. The Labute approximate surface area is 146 Å². The summed E-state index contributed by atoms with van der Waals surface area (Å²) in [5, 5.41) is 21.0. The molecular weight excluding hydrogens is 314 g/mol. The Bertz CT molecular complexity index is 857. The maximum atomic E-state index is 12.4. The van der Waals surface area contributed by atoms with Crippen molar-refractivity contribution in [2.24, 2.45) is 0 Å². The average molecular weight is 331 g/mol. The predicted molar refractivity (Wildman–Crippen MR) is 95.1 cm³/mol. The number of nitrogens with zero attached hydrogens (tertiary/aromatic N) is 4. The van der Waals surface area contributed by atoms with Crippen LogP contribution in [0, 0.1) is 22.7 Å². The molecule has 0 aromatic heterocycles. The van der Waals surface area contributed by atoms with E-state index in [1.54, 1.807) is 35.2 Å². The smallest absolute Gasteiger partial charge is 0.321 e. The van der Waals surface area contributed by atoms with E-state index in [-0.39, 0.29) is 6.03 Å². The van der Waals surface area contributed by atoms with Crippen molar-refractivity contribution < 1.29 is 4.79 Å². The van der Waals surface area contributed by atoms with Gasteiger partial charge in [0.15, 0.2) is 0 Å². The van der Waals surface area contributed by atoms with Gasteiger partial charge in [-0.3, -0.25) is 0 Å². The molecule has 0 saturated carbocycles. The van der Waals surface area contributed by atoms with Crippen molar-refractivity contribution in [3.63, 3.8) is 0 Å². The Hall–Kier alpha value is -3.51. The minimum Gasteiger partial charge on any atom is -0.367 e. The predicted octanol–water partition coefficient (Wildman–Crippen LogP) is 2.78. The third kappa shape index (κ3) is 3.70.